The lowest BCUT2D eigenvalue weighted by Crippen LogP contribution is -2.40. The lowest BCUT2D eigenvalue weighted by Gasteiger charge is -2.41. The van der Waals surface area contributed by atoms with Crippen LogP contribution in [0.5, 0.6) is 0 Å². The van der Waals surface area contributed by atoms with E-state index in [4.69, 9.17) is 0 Å². The third kappa shape index (κ3) is 2.70. The van der Waals surface area contributed by atoms with Crippen LogP contribution < -0.4 is 0 Å². The summed E-state index contributed by atoms with van der Waals surface area (Å²) in [6.07, 6.45) is 13.0. The Bertz CT molecular complexity index is 230. The van der Waals surface area contributed by atoms with Crippen LogP contribution in [0, 0.1) is 17.3 Å². The van der Waals surface area contributed by atoms with Crippen molar-refractivity contribution in [2.75, 3.05) is 0 Å². The molecule has 0 heterocycles. The Morgan fingerprint density at radius 2 is 1.82 bits per heavy atom. The Balaban J connectivity index is 2.00. The van der Waals surface area contributed by atoms with Gasteiger partial charge in [-0.1, -0.05) is 46.0 Å². The minimum Gasteiger partial charge on any atom is -0.392 e. The molecule has 3 unspecified atom stereocenters. The molecular weight excluding hydrogens is 208 g/mol. The molecule has 0 bridgehead atoms. The van der Waals surface area contributed by atoms with Gasteiger partial charge in [-0.25, -0.2) is 0 Å². The Morgan fingerprint density at radius 3 is 2.41 bits per heavy atom. The summed E-state index contributed by atoms with van der Waals surface area (Å²) in [5.41, 5.74) is 0.292. The van der Waals surface area contributed by atoms with Crippen LogP contribution >= 0.6 is 0 Å². The predicted molar refractivity (Wildman–Crippen MR) is 72.9 cm³/mol. The third-order valence-electron chi connectivity index (χ3n) is 5.78. The van der Waals surface area contributed by atoms with E-state index >= 15 is 0 Å². The Labute approximate surface area is 107 Å². The van der Waals surface area contributed by atoms with Gasteiger partial charge in [-0.15, -0.1) is 0 Å². The third-order valence-corrected chi connectivity index (χ3v) is 5.78. The summed E-state index contributed by atoms with van der Waals surface area (Å²) in [7, 11) is 0. The van der Waals surface area contributed by atoms with Gasteiger partial charge in [-0.05, 0) is 49.4 Å². The first kappa shape index (κ1) is 13.4. The van der Waals surface area contributed by atoms with Gasteiger partial charge in [-0.2, -0.15) is 0 Å². The van der Waals surface area contributed by atoms with Crippen molar-refractivity contribution in [3.63, 3.8) is 0 Å². The average Bonchev–Trinajstić information content (AvgIpc) is 2.88. The Morgan fingerprint density at radius 1 is 1.12 bits per heavy atom. The fraction of sp³-hybridized carbons (Fsp3) is 1.00. The Kier molecular flexibility index (Phi) is 4.52. The second-order valence-electron chi connectivity index (χ2n) is 6.57. The fourth-order valence-electron chi connectivity index (χ4n) is 4.43. The van der Waals surface area contributed by atoms with Gasteiger partial charge >= 0.3 is 0 Å². The SMILES string of the molecule is CCC1CCCC(C(O)C2(CC)CCCC2)C1. The summed E-state index contributed by atoms with van der Waals surface area (Å²) >= 11 is 0. The van der Waals surface area contributed by atoms with Crippen LogP contribution in [0.2, 0.25) is 0 Å². The number of hydrogen-bond acceptors (Lipinski definition) is 1. The van der Waals surface area contributed by atoms with Gasteiger partial charge in [0.05, 0.1) is 6.10 Å². The summed E-state index contributed by atoms with van der Waals surface area (Å²) < 4.78 is 0. The summed E-state index contributed by atoms with van der Waals surface area (Å²) in [6.45, 7) is 4.60. The molecule has 2 saturated carbocycles. The molecule has 100 valence electrons. The van der Waals surface area contributed by atoms with E-state index in [0.717, 1.165) is 5.92 Å². The van der Waals surface area contributed by atoms with Crippen LogP contribution in [0.25, 0.3) is 0 Å². The standard InChI is InChI=1S/C16H30O/c1-3-13-8-7-9-14(12-13)15(17)16(4-2)10-5-6-11-16/h13-15,17H,3-12H2,1-2H3. The molecule has 2 aliphatic carbocycles. The molecule has 2 aliphatic rings. The van der Waals surface area contributed by atoms with Crippen LogP contribution in [0.4, 0.5) is 0 Å². The van der Waals surface area contributed by atoms with Gasteiger partial charge in [-0.3, -0.25) is 0 Å². The molecule has 0 radical (unpaired) electrons. The van der Waals surface area contributed by atoms with E-state index in [9.17, 15) is 5.11 Å². The van der Waals surface area contributed by atoms with Crippen LogP contribution in [0.15, 0.2) is 0 Å². The normalized spacial score (nSPS) is 34.8. The van der Waals surface area contributed by atoms with Crippen LogP contribution in [0.3, 0.4) is 0 Å². The maximum Gasteiger partial charge on any atom is 0.0624 e. The highest BCUT2D eigenvalue weighted by molar-refractivity contribution is 4.94. The van der Waals surface area contributed by atoms with Gasteiger partial charge < -0.3 is 5.11 Å². The van der Waals surface area contributed by atoms with Crippen molar-refractivity contribution in [3.05, 3.63) is 0 Å². The number of rotatable bonds is 4. The zero-order valence-corrected chi connectivity index (χ0v) is 11.8. The number of aliphatic hydroxyl groups excluding tert-OH is 1. The van der Waals surface area contributed by atoms with E-state index < -0.39 is 0 Å². The lowest BCUT2D eigenvalue weighted by molar-refractivity contribution is -0.0377. The van der Waals surface area contributed by atoms with Crippen LogP contribution in [0.1, 0.15) is 78.1 Å². The largest absolute Gasteiger partial charge is 0.392 e. The average molecular weight is 238 g/mol. The summed E-state index contributed by atoms with van der Waals surface area (Å²) in [4.78, 5) is 0. The first-order valence-electron chi connectivity index (χ1n) is 7.90. The van der Waals surface area contributed by atoms with Crippen molar-refractivity contribution in [2.24, 2.45) is 17.3 Å². The topological polar surface area (TPSA) is 20.2 Å². The molecule has 0 spiro atoms. The molecule has 0 aromatic rings. The van der Waals surface area contributed by atoms with Crippen molar-refractivity contribution < 1.29 is 5.11 Å². The first-order chi connectivity index (χ1) is 8.22. The van der Waals surface area contributed by atoms with Gasteiger partial charge in [0, 0.05) is 0 Å². The molecule has 2 rings (SSSR count). The molecule has 1 nitrogen and oxygen atoms in total. The number of hydrogen-bond donors (Lipinski definition) is 1. The van der Waals surface area contributed by atoms with E-state index in [0.29, 0.717) is 11.3 Å². The Hall–Kier alpha value is -0.0400. The summed E-state index contributed by atoms with van der Waals surface area (Å²) in [5, 5.41) is 10.8. The second-order valence-corrected chi connectivity index (χ2v) is 6.57. The smallest absolute Gasteiger partial charge is 0.0624 e. The molecule has 17 heavy (non-hydrogen) atoms. The number of aliphatic hydroxyl groups is 1. The molecule has 0 aromatic heterocycles. The summed E-state index contributed by atoms with van der Waals surface area (Å²) in [6, 6.07) is 0. The van der Waals surface area contributed by atoms with Gasteiger partial charge in [0.15, 0.2) is 0 Å². The lowest BCUT2D eigenvalue weighted by atomic mass is 9.67. The molecule has 1 N–H and O–H groups in total. The molecule has 3 atom stereocenters. The first-order valence-corrected chi connectivity index (χ1v) is 7.90. The van der Waals surface area contributed by atoms with E-state index in [1.807, 2.05) is 0 Å². The van der Waals surface area contributed by atoms with Crippen molar-refractivity contribution in [1.82, 2.24) is 0 Å². The highest BCUT2D eigenvalue weighted by atomic mass is 16.3. The summed E-state index contributed by atoms with van der Waals surface area (Å²) in [5.74, 6) is 1.49. The van der Waals surface area contributed by atoms with Crippen molar-refractivity contribution >= 4 is 0 Å². The zero-order chi connectivity index (χ0) is 12.3. The molecule has 0 amide bonds. The van der Waals surface area contributed by atoms with Crippen LogP contribution in [-0.4, -0.2) is 11.2 Å². The van der Waals surface area contributed by atoms with E-state index in [-0.39, 0.29) is 6.10 Å². The quantitative estimate of drug-likeness (QED) is 0.762. The maximum atomic E-state index is 10.8. The van der Waals surface area contributed by atoms with Gasteiger partial charge in [0.1, 0.15) is 0 Å². The van der Waals surface area contributed by atoms with E-state index in [1.165, 1.54) is 64.2 Å². The second kappa shape index (κ2) is 5.73. The zero-order valence-electron chi connectivity index (χ0n) is 11.8. The van der Waals surface area contributed by atoms with Crippen LogP contribution in [-0.2, 0) is 0 Å². The highest BCUT2D eigenvalue weighted by Gasteiger charge is 2.43. The molecular formula is C16H30O. The maximum absolute atomic E-state index is 10.8. The molecule has 0 saturated heterocycles. The van der Waals surface area contributed by atoms with Crippen molar-refractivity contribution in [3.8, 4) is 0 Å². The molecule has 0 aromatic carbocycles. The van der Waals surface area contributed by atoms with Gasteiger partial charge in [0.2, 0.25) is 0 Å². The molecule has 2 fully saturated rings. The van der Waals surface area contributed by atoms with Crippen molar-refractivity contribution in [1.29, 1.82) is 0 Å². The van der Waals surface area contributed by atoms with Gasteiger partial charge in [0.25, 0.3) is 0 Å². The monoisotopic (exact) mass is 238 g/mol. The van der Waals surface area contributed by atoms with Crippen molar-refractivity contribution in [2.45, 2.75) is 84.2 Å². The minimum absolute atomic E-state index is 0.00986. The van der Waals surface area contributed by atoms with E-state index in [1.54, 1.807) is 0 Å². The fourth-order valence-corrected chi connectivity index (χ4v) is 4.43. The molecule has 1 heteroatoms. The van der Waals surface area contributed by atoms with E-state index in [2.05, 4.69) is 13.8 Å². The highest BCUT2D eigenvalue weighted by Crippen LogP contribution is 2.48. The minimum atomic E-state index is -0.00986. The molecule has 0 aliphatic heterocycles. The predicted octanol–water partition coefficient (Wildman–Crippen LogP) is 4.53.